The van der Waals surface area contributed by atoms with Crippen LogP contribution in [0.3, 0.4) is 0 Å². The molecule has 108 valence electrons. The van der Waals surface area contributed by atoms with Crippen molar-refractivity contribution in [1.82, 2.24) is 5.32 Å². The largest absolute Gasteiger partial charge is 0.497 e. The zero-order chi connectivity index (χ0) is 14.8. The molecule has 0 spiro atoms. The molecule has 0 heterocycles. The van der Waals surface area contributed by atoms with Crippen molar-refractivity contribution in [1.29, 1.82) is 0 Å². The van der Waals surface area contributed by atoms with Crippen LogP contribution in [0.25, 0.3) is 10.8 Å². The van der Waals surface area contributed by atoms with Gasteiger partial charge in [-0.05, 0) is 53.4 Å². The van der Waals surface area contributed by atoms with Crippen LogP contribution in [-0.4, -0.2) is 14.2 Å². The van der Waals surface area contributed by atoms with E-state index in [1.54, 1.807) is 7.11 Å². The van der Waals surface area contributed by atoms with Crippen LogP contribution in [0.5, 0.6) is 5.75 Å². The van der Waals surface area contributed by atoms with Crippen molar-refractivity contribution in [3.05, 3.63) is 42.0 Å². The summed E-state index contributed by atoms with van der Waals surface area (Å²) in [5.74, 6) is 0.908. The van der Waals surface area contributed by atoms with Crippen molar-refractivity contribution in [3.63, 3.8) is 0 Å². The highest BCUT2D eigenvalue weighted by Gasteiger charge is 2.19. The zero-order valence-corrected chi connectivity index (χ0v) is 13.2. The van der Waals surface area contributed by atoms with Gasteiger partial charge in [-0.1, -0.05) is 39.0 Å². The lowest BCUT2D eigenvalue weighted by atomic mass is 9.85. The van der Waals surface area contributed by atoms with Gasteiger partial charge in [0.05, 0.1) is 7.11 Å². The minimum Gasteiger partial charge on any atom is -0.497 e. The first-order chi connectivity index (χ1) is 9.43. The van der Waals surface area contributed by atoms with E-state index < -0.39 is 0 Å². The second-order valence-corrected chi connectivity index (χ2v) is 6.58. The average molecular weight is 271 g/mol. The van der Waals surface area contributed by atoms with Gasteiger partial charge in [0, 0.05) is 6.04 Å². The monoisotopic (exact) mass is 271 g/mol. The van der Waals surface area contributed by atoms with Crippen molar-refractivity contribution >= 4 is 10.8 Å². The van der Waals surface area contributed by atoms with Crippen LogP contribution in [0.1, 0.15) is 38.8 Å². The third-order valence-electron chi connectivity index (χ3n) is 3.64. The molecule has 0 bridgehead atoms. The summed E-state index contributed by atoms with van der Waals surface area (Å²) < 4.78 is 5.27. The van der Waals surface area contributed by atoms with Gasteiger partial charge >= 0.3 is 0 Å². The molecule has 1 N–H and O–H groups in total. The normalized spacial score (nSPS) is 13.4. The molecule has 2 aromatic rings. The van der Waals surface area contributed by atoms with Crippen LogP contribution in [0, 0.1) is 5.41 Å². The van der Waals surface area contributed by atoms with Crippen LogP contribution in [-0.2, 0) is 0 Å². The number of methoxy groups -OCH3 is 1. The summed E-state index contributed by atoms with van der Waals surface area (Å²) in [6.45, 7) is 6.84. The molecular formula is C18H25NO. The molecule has 2 nitrogen and oxygen atoms in total. The number of fused-ring (bicyclic) bond motifs is 1. The van der Waals surface area contributed by atoms with E-state index in [-0.39, 0.29) is 0 Å². The minimum absolute atomic E-state index is 0.308. The molecule has 0 aromatic heterocycles. The summed E-state index contributed by atoms with van der Waals surface area (Å²) in [7, 11) is 3.74. The van der Waals surface area contributed by atoms with E-state index in [9.17, 15) is 0 Å². The second kappa shape index (κ2) is 5.84. The van der Waals surface area contributed by atoms with Crippen molar-refractivity contribution < 1.29 is 4.74 Å². The standard InChI is InChI=1S/C18H25NO/c1-18(2,3)12-17(19-4)15-7-6-14-11-16(20-5)9-8-13(14)10-15/h6-11,17,19H,12H2,1-5H3. The molecule has 20 heavy (non-hydrogen) atoms. The minimum atomic E-state index is 0.308. The SMILES string of the molecule is CNC(CC(C)(C)C)c1ccc2cc(OC)ccc2c1. The molecule has 0 amide bonds. The summed E-state index contributed by atoms with van der Waals surface area (Å²) in [6.07, 6.45) is 1.12. The van der Waals surface area contributed by atoms with Crippen LogP contribution in [0.4, 0.5) is 0 Å². The topological polar surface area (TPSA) is 21.3 Å². The van der Waals surface area contributed by atoms with E-state index in [4.69, 9.17) is 4.74 Å². The van der Waals surface area contributed by atoms with E-state index in [0.717, 1.165) is 12.2 Å². The molecule has 0 saturated heterocycles. The van der Waals surface area contributed by atoms with Gasteiger partial charge in [-0.3, -0.25) is 0 Å². The van der Waals surface area contributed by atoms with Crippen molar-refractivity contribution in [3.8, 4) is 5.75 Å². The van der Waals surface area contributed by atoms with E-state index in [1.807, 2.05) is 13.1 Å². The maximum atomic E-state index is 5.27. The Morgan fingerprint density at radius 1 is 1.05 bits per heavy atom. The highest BCUT2D eigenvalue weighted by atomic mass is 16.5. The Bertz CT molecular complexity index is 583. The Hall–Kier alpha value is -1.54. The molecule has 0 fully saturated rings. The van der Waals surface area contributed by atoms with Gasteiger partial charge in [-0.15, -0.1) is 0 Å². The molecule has 0 saturated carbocycles. The first kappa shape index (κ1) is 14.9. The molecule has 0 aliphatic carbocycles. The molecule has 0 radical (unpaired) electrons. The number of ether oxygens (including phenoxy) is 1. The lowest BCUT2D eigenvalue weighted by Gasteiger charge is -2.26. The molecule has 1 unspecified atom stereocenters. The Morgan fingerprint density at radius 3 is 2.30 bits per heavy atom. The lowest BCUT2D eigenvalue weighted by Crippen LogP contribution is -2.22. The Morgan fingerprint density at radius 2 is 1.70 bits per heavy atom. The van der Waals surface area contributed by atoms with Crippen LogP contribution in [0.15, 0.2) is 36.4 Å². The lowest BCUT2D eigenvalue weighted by molar-refractivity contribution is 0.321. The highest BCUT2D eigenvalue weighted by molar-refractivity contribution is 5.84. The number of nitrogens with one attached hydrogen (secondary N) is 1. The quantitative estimate of drug-likeness (QED) is 0.881. The summed E-state index contributed by atoms with van der Waals surface area (Å²) >= 11 is 0. The smallest absolute Gasteiger partial charge is 0.119 e. The zero-order valence-electron chi connectivity index (χ0n) is 13.2. The molecule has 0 aliphatic rings. The first-order valence-corrected chi connectivity index (χ1v) is 7.18. The Balaban J connectivity index is 2.35. The van der Waals surface area contributed by atoms with E-state index in [2.05, 4.69) is 56.4 Å². The summed E-state index contributed by atoms with van der Waals surface area (Å²) in [5.41, 5.74) is 1.66. The Kier molecular flexibility index (Phi) is 4.34. The third-order valence-corrected chi connectivity index (χ3v) is 3.64. The van der Waals surface area contributed by atoms with Crippen LogP contribution in [0.2, 0.25) is 0 Å². The fraction of sp³-hybridized carbons (Fsp3) is 0.444. The first-order valence-electron chi connectivity index (χ1n) is 7.18. The molecule has 2 rings (SSSR count). The third kappa shape index (κ3) is 3.51. The fourth-order valence-corrected chi connectivity index (χ4v) is 2.58. The van der Waals surface area contributed by atoms with Gasteiger partial charge in [0.1, 0.15) is 5.75 Å². The van der Waals surface area contributed by atoms with Gasteiger partial charge in [0.15, 0.2) is 0 Å². The van der Waals surface area contributed by atoms with Crippen LogP contribution >= 0.6 is 0 Å². The van der Waals surface area contributed by atoms with Gasteiger partial charge in [-0.2, -0.15) is 0 Å². The predicted octanol–water partition coefficient (Wildman–Crippen LogP) is 4.55. The van der Waals surface area contributed by atoms with Gasteiger partial charge in [-0.25, -0.2) is 0 Å². The van der Waals surface area contributed by atoms with Gasteiger partial charge < -0.3 is 10.1 Å². The van der Waals surface area contributed by atoms with E-state index >= 15 is 0 Å². The Labute approximate surface area is 122 Å². The number of hydrogen-bond acceptors (Lipinski definition) is 2. The van der Waals surface area contributed by atoms with Gasteiger partial charge in [0.25, 0.3) is 0 Å². The van der Waals surface area contributed by atoms with Crippen molar-refractivity contribution in [2.75, 3.05) is 14.2 Å². The van der Waals surface area contributed by atoms with Crippen molar-refractivity contribution in [2.45, 2.75) is 33.2 Å². The van der Waals surface area contributed by atoms with E-state index in [1.165, 1.54) is 16.3 Å². The summed E-state index contributed by atoms with van der Waals surface area (Å²) in [4.78, 5) is 0. The highest BCUT2D eigenvalue weighted by Crippen LogP contribution is 2.31. The van der Waals surface area contributed by atoms with E-state index in [0.29, 0.717) is 11.5 Å². The fourth-order valence-electron chi connectivity index (χ4n) is 2.58. The molecule has 2 heteroatoms. The molecule has 0 aliphatic heterocycles. The molecule has 1 atom stereocenters. The maximum absolute atomic E-state index is 5.27. The molecular weight excluding hydrogens is 246 g/mol. The molecule has 2 aromatic carbocycles. The van der Waals surface area contributed by atoms with Crippen LogP contribution < -0.4 is 10.1 Å². The number of rotatable bonds is 4. The number of benzene rings is 2. The van der Waals surface area contributed by atoms with Crippen molar-refractivity contribution in [2.24, 2.45) is 5.41 Å². The number of hydrogen-bond donors (Lipinski definition) is 1. The van der Waals surface area contributed by atoms with Gasteiger partial charge in [0.2, 0.25) is 0 Å². The second-order valence-electron chi connectivity index (χ2n) is 6.58. The average Bonchev–Trinajstić information content (AvgIpc) is 2.42. The summed E-state index contributed by atoms with van der Waals surface area (Å²) in [6, 6.07) is 13.3. The predicted molar refractivity (Wildman–Crippen MR) is 86.4 cm³/mol. The maximum Gasteiger partial charge on any atom is 0.119 e. The summed E-state index contributed by atoms with van der Waals surface area (Å²) in [5, 5.41) is 5.92.